The Labute approximate surface area is 204 Å². The van der Waals surface area contributed by atoms with E-state index in [4.69, 9.17) is 23.2 Å². The number of carbonyl (C=O) groups excluding carboxylic acids is 1. The first-order valence-corrected chi connectivity index (χ1v) is 11.5. The first kappa shape index (κ1) is 22.6. The summed E-state index contributed by atoms with van der Waals surface area (Å²) in [6, 6.07) is 8.65. The van der Waals surface area contributed by atoms with E-state index < -0.39 is 5.60 Å². The number of halogens is 2. The number of aromatic nitrogens is 5. The maximum absolute atomic E-state index is 13.2. The van der Waals surface area contributed by atoms with E-state index in [1.54, 1.807) is 57.7 Å². The lowest BCUT2D eigenvalue weighted by atomic mass is 9.91. The Hall–Kier alpha value is -3.14. The fourth-order valence-corrected chi connectivity index (χ4v) is 4.76. The molecule has 4 aromatic rings. The highest BCUT2D eigenvalue weighted by atomic mass is 35.5. The Balaban J connectivity index is 1.36. The molecule has 1 aliphatic heterocycles. The Kier molecular flexibility index (Phi) is 5.71. The smallest absolute Gasteiger partial charge is 0.262 e. The number of aryl methyl sites for hydroxylation is 1. The molecule has 11 heteroatoms. The van der Waals surface area contributed by atoms with E-state index in [0.717, 1.165) is 5.69 Å². The molecule has 34 heavy (non-hydrogen) atoms. The number of piperidine rings is 1. The summed E-state index contributed by atoms with van der Waals surface area (Å²) in [6.45, 7) is 0.842. The van der Waals surface area contributed by atoms with E-state index >= 15 is 0 Å². The largest absolute Gasteiger partial charge is 0.388 e. The molecule has 0 bridgehead atoms. The van der Waals surface area contributed by atoms with Crippen LogP contribution in [0.1, 0.15) is 23.2 Å². The molecule has 1 N–H and O–H groups in total. The normalized spacial score (nSPS) is 15.7. The van der Waals surface area contributed by atoms with Crippen molar-refractivity contribution in [3.05, 3.63) is 75.1 Å². The Morgan fingerprint density at radius 3 is 2.53 bits per heavy atom. The van der Waals surface area contributed by atoms with Crippen molar-refractivity contribution in [1.82, 2.24) is 28.8 Å². The number of benzene rings is 1. The van der Waals surface area contributed by atoms with Gasteiger partial charge in [0.2, 0.25) is 0 Å². The second-order valence-corrected chi connectivity index (χ2v) is 9.44. The third-order valence-electron chi connectivity index (χ3n) is 6.22. The molecule has 5 rings (SSSR count). The Morgan fingerprint density at radius 2 is 1.88 bits per heavy atom. The highest BCUT2D eigenvalue weighted by Gasteiger charge is 2.35. The van der Waals surface area contributed by atoms with Crippen LogP contribution < -0.4 is 5.56 Å². The molecule has 0 radical (unpaired) electrons. The number of carbonyl (C=O) groups is 1. The zero-order chi connectivity index (χ0) is 24.0. The molecule has 1 aromatic carbocycles. The molecule has 1 saturated heterocycles. The van der Waals surface area contributed by atoms with Gasteiger partial charge in [-0.1, -0.05) is 23.2 Å². The number of aliphatic hydroxyl groups is 1. The zero-order valence-electron chi connectivity index (χ0n) is 18.4. The second-order valence-electron chi connectivity index (χ2n) is 8.61. The van der Waals surface area contributed by atoms with Crippen LogP contribution in [0, 0.1) is 0 Å². The van der Waals surface area contributed by atoms with Crippen LogP contribution in [-0.2, 0) is 13.6 Å². The minimum atomic E-state index is -1.13. The lowest BCUT2D eigenvalue weighted by Crippen LogP contribution is -2.49. The maximum Gasteiger partial charge on any atom is 0.262 e. The van der Waals surface area contributed by atoms with Crippen LogP contribution in [0.25, 0.3) is 16.7 Å². The summed E-state index contributed by atoms with van der Waals surface area (Å²) < 4.78 is 4.66. The number of fused-ring (bicyclic) bond motifs is 1. The Bertz CT molecular complexity index is 1430. The van der Waals surface area contributed by atoms with Crippen molar-refractivity contribution >= 4 is 40.1 Å². The van der Waals surface area contributed by atoms with Crippen LogP contribution in [0.5, 0.6) is 0 Å². The molecule has 0 unspecified atom stereocenters. The molecular formula is C23H22Cl2N6O3. The van der Waals surface area contributed by atoms with Crippen LogP contribution in [-0.4, -0.2) is 58.5 Å². The van der Waals surface area contributed by atoms with E-state index in [2.05, 4.69) is 10.1 Å². The van der Waals surface area contributed by atoms with Gasteiger partial charge in [-0.3, -0.25) is 23.4 Å². The summed E-state index contributed by atoms with van der Waals surface area (Å²) >= 11 is 12.4. The number of likely N-dealkylation sites (tertiary alicyclic amines) is 1. The predicted molar refractivity (Wildman–Crippen MR) is 129 cm³/mol. The zero-order valence-corrected chi connectivity index (χ0v) is 19.9. The van der Waals surface area contributed by atoms with Crippen LogP contribution in [0.4, 0.5) is 0 Å². The van der Waals surface area contributed by atoms with E-state index in [1.807, 2.05) is 0 Å². The average molecular weight is 501 g/mol. The summed E-state index contributed by atoms with van der Waals surface area (Å²) in [5.74, 6) is -0.117. The van der Waals surface area contributed by atoms with Crippen molar-refractivity contribution in [3.8, 4) is 5.69 Å². The van der Waals surface area contributed by atoms with Gasteiger partial charge in [-0.25, -0.2) is 4.98 Å². The molecule has 1 fully saturated rings. The molecular weight excluding hydrogens is 479 g/mol. The van der Waals surface area contributed by atoms with Crippen LogP contribution in [0.15, 0.2) is 53.8 Å². The van der Waals surface area contributed by atoms with Crippen molar-refractivity contribution in [2.24, 2.45) is 7.05 Å². The lowest BCUT2D eigenvalue weighted by Gasteiger charge is -2.38. The first-order chi connectivity index (χ1) is 16.2. The number of rotatable bonds is 4. The van der Waals surface area contributed by atoms with Gasteiger partial charge in [-0.15, -0.1) is 0 Å². The van der Waals surface area contributed by atoms with Crippen LogP contribution >= 0.6 is 23.2 Å². The fraction of sp³-hybridized carbons (Fsp3) is 0.304. The van der Waals surface area contributed by atoms with Crippen molar-refractivity contribution in [2.45, 2.75) is 25.0 Å². The van der Waals surface area contributed by atoms with Gasteiger partial charge in [-0.05, 0) is 43.2 Å². The molecule has 1 amide bonds. The topological polar surface area (TPSA) is 98.2 Å². The van der Waals surface area contributed by atoms with Gasteiger partial charge in [0, 0.05) is 37.0 Å². The van der Waals surface area contributed by atoms with Gasteiger partial charge >= 0.3 is 0 Å². The molecule has 0 saturated carbocycles. The lowest BCUT2D eigenvalue weighted by molar-refractivity contribution is -0.0299. The predicted octanol–water partition coefficient (Wildman–Crippen LogP) is 2.89. The summed E-state index contributed by atoms with van der Waals surface area (Å²) in [7, 11) is 1.76. The van der Waals surface area contributed by atoms with Crippen molar-refractivity contribution < 1.29 is 9.90 Å². The van der Waals surface area contributed by atoms with Gasteiger partial charge in [0.1, 0.15) is 11.5 Å². The molecule has 0 aliphatic carbocycles. The Morgan fingerprint density at radius 1 is 1.18 bits per heavy atom. The SMILES string of the molecule is Cn1cc(C(=O)N2CCC(O)(Cn3cnc4c(cc(Cl)n4-c4ccc(Cl)cc4)c3=O)CC2)cn1. The summed E-state index contributed by atoms with van der Waals surface area (Å²) in [4.78, 5) is 32.0. The van der Waals surface area contributed by atoms with Gasteiger partial charge < -0.3 is 10.0 Å². The van der Waals surface area contributed by atoms with E-state index in [-0.39, 0.29) is 18.0 Å². The van der Waals surface area contributed by atoms with Crippen molar-refractivity contribution in [2.75, 3.05) is 13.1 Å². The molecule has 9 nitrogen and oxygen atoms in total. The average Bonchev–Trinajstić information content (AvgIpc) is 3.39. The highest BCUT2D eigenvalue weighted by Crippen LogP contribution is 2.27. The van der Waals surface area contributed by atoms with Crippen LogP contribution in [0.2, 0.25) is 10.2 Å². The van der Waals surface area contributed by atoms with Crippen LogP contribution in [0.3, 0.4) is 0 Å². The summed E-state index contributed by atoms with van der Waals surface area (Å²) in [5.41, 5.74) is 0.256. The monoisotopic (exact) mass is 500 g/mol. The first-order valence-electron chi connectivity index (χ1n) is 10.8. The van der Waals surface area contributed by atoms with Gasteiger partial charge in [0.15, 0.2) is 5.65 Å². The van der Waals surface area contributed by atoms with E-state index in [9.17, 15) is 14.7 Å². The van der Waals surface area contributed by atoms with Gasteiger partial charge in [0.25, 0.3) is 11.5 Å². The third-order valence-corrected chi connectivity index (χ3v) is 6.75. The molecule has 0 atom stereocenters. The van der Waals surface area contributed by atoms with Crippen molar-refractivity contribution in [3.63, 3.8) is 0 Å². The summed E-state index contributed by atoms with van der Waals surface area (Å²) in [5, 5.41) is 16.5. The number of hydrogen-bond donors (Lipinski definition) is 1. The highest BCUT2D eigenvalue weighted by molar-refractivity contribution is 6.31. The standard InChI is InChI=1S/C23H22Cl2N6O3/c1-28-12-15(11-27-28)21(32)29-8-6-23(34,7-9-29)13-30-14-26-20-18(22(30)33)10-19(25)31(20)17-4-2-16(24)3-5-17/h2-5,10-12,14,34H,6-9,13H2,1H3. The number of nitrogens with zero attached hydrogens (tertiary/aromatic N) is 6. The maximum atomic E-state index is 13.2. The minimum Gasteiger partial charge on any atom is -0.388 e. The fourth-order valence-electron chi connectivity index (χ4n) is 4.35. The van der Waals surface area contributed by atoms with Gasteiger partial charge in [0.05, 0.1) is 29.3 Å². The summed E-state index contributed by atoms with van der Waals surface area (Å²) in [6.07, 6.45) is 5.32. The second kappa shape index (κ2) is 8.57. The third kappa shape index (κ3) is 4.11. The van der Waals surface area contributed by atoms with E-state index in [1.165, 1.54) is 17.1 Å². The molecule has 0 spiro atoms. The number of hydrogen-bond acceptors (Lipinski definition) is 5. The number of amides is 1. The minimum absolute atomic E-state index is 0.0768. The van der Waals surface area contributed by atoms with E-state index in [0.29, 0.717) is 52.7 Å². The van der Waals surface area contributed by atoms with Gasteiger partial charge in [-0.2, -0.15) is 5.10 Å². The molecule has 4 heterocycles. The quantitative estimate of drug-likeness (QED) is 0.464. The molecule has 176 valence electrons. The van der Waals surface area contributed by atoms with Crippen molar-refractivity contribution in [1.29, 1.82) is 0 Å². The molecule has 3 aromatic heterocycles. The molecule has 1 aliphatic rings.